The highest BCUT2D eigenvalue weighted by atomic mass is 32.2. The number of benzene rings is 2. The molecule has 1 amide bonds. The maximum atomic E-state index is 12.7. The maximum absolute atomic E-state index is 12.7. The third kappa shape index (κ3) is 10.8. The highest BCUT2D eigenvalue weighted by Gasteiger charge is 2.29. The molecule has 0 fully saturated rings. The van der Waals surface area contributed by atoms with Gasteiger partial charge in [-0.2, -0.15) is 28.1 Å². The minimum absolute atomic E-state index is 0.0490. The third-order valence-electron chi connectivity index (χ3n) is 4.90. The molecule has 1 heterocycles. The van der Waals surface area contributed by atoms with E-state index in [-0.39, 0.29) is 24.0 Å². The van der Waals surface area contributed by atoms with Crippen molar-refractivity contribution >= 4 is 33.5 Å². The van der Waals surface area contributed by atoms with Crippen molar-refractivity contribution in [2.45, 2.75) is 26.1 Å². The Morgan fingerprint density at radius 3 is 2.32 bits per heavy atom. The second-order valence-corrected chi connectivity index (χ2v) is 9.81. The van der Waals surface area contributed by atoms with Gasteiger partial charge in [0.2, 0.25) is 11.9 Å². The Balaban J connectivity index is 1.72. The zero-order valence-electron chi connectivity index (χ0n) is 21.8. The largest absolute Gasteiger partial charge is 0.493 e. The number of aromatic nitrogens is 3. The topological polar surface area (TPSA) is 144 Å². The fourth-order valence-electron chi connectivity index (χ4n) is 3.08. The summed E-state index contributed by atoms with van der Waals surface area (Å²) in [6, 6.07) is 12.1. The van der Waals surface area contributed by atoms with Crippen molar-refractivity contribution < 1.29 is 35.9 Å². The summed E-state index contributed by atoms with van der Waals surface area (Å²) in [4.78, 5) is 24.2. The number of carbonyl (C=O) groups excluding carboxylic acids is 1. The van der Waals surface area contributed by atoms with Crippen LogP contribution in [-0.2, 0) is 16.6 Å². The minimum atomic E-state index is -4.61. The lowest BCUT2D eigenvalue weighted by Crippen LogP contribution is -2.28. The van der Waals surface area contributed by atoms with Crippen molar-refractivity contribution in [1.82, 2.24) is 19.7 Å². The highest BCUT2D eigenvalue weighted by molar-refractivity contribution is 7.92. The van der Waals surface area contributed by atoms with E-state index in [0.29, 0.717) is 24.5 Å². The molecular formula is C26H27F3N6O5S. The number of nitrogens with zero attached hydrogens (tertiary/aromatic N) is 3. The lowest BCUT2D eigenvalue weighted by atomic mass is 10.2. The summed E-state index contributed by atoms with van der Waals surface area (Å²) in [5.41, 5.74) is 1.22. The molecule has 0 spiro atoms. The molecular weight excluding hydrogens is 565 g/mol. The van der Waals surface area contributed by atoms with E-state index in [1.807, 2.05) is 4.72 Å². The molecule has 0 unspecified atom stereocenters. The zero-order chi connectivity index (χ0) is 29.9. The number of nitrogens with one attached hydrogen (secondary N) is 3. The van der Waals surface area contributed by atoms with Gasteiger partial charge in [-0.15, -0.1) is 6.58 Å². The molecule has 0 saturated heterocycles. The molecule has 3 rings (SSSR count). The summed E-state index contributed by atoms with van der Waals surface area (Å²) in [7, 11) is -3.93. The van der Waals surface area contributed by atoms with E-state index in [4.69, 9.17) is 9.47 Å². The Bertz CT molecular complexity index is 1460. The van der Waals surface area contributed by atoms with Crippen LogP contribution in [0, 0.1) is 0 Å². The fourth-order valence-corrected chi connectivity index (χ4v) is 3.89. The quantitative estimate of drug-likeness (QED) is 0.178. The van der Waals surface area contributed by atoms with Crippen molar-refractivity contribution in [2.24, 2.45) is 0 Å². The van der Waals surface area contributed by atoms with Gasteiger partial charge >= 0.3 is 12.2 Å². The molecule has 0 bridgehead atoms. The Morgan fingerprint density at radius 2 is 1.68 bits per heavy atom. The van der Waals surface area contributed by atoms with Crippen LogP contribution < -0.4 is 24.8 Å². The number of alkyl halides is 3. The fraction of sp³-hybridized carbons (Fsp3) is 0.231. The molecule has 0 aliphatic carbocycles. The van der Waals surface area contributed by atoms with Crippen LogP contribution in [0.3, 0.4) is 0 Å². The Labute approximate surface area is 234 Å². The van der Waals surface area contributed by atoms with E-state index >= 15 is 0 Å². The molecule has 0 aliphatic rings. The highest BCUT2D eigenvalue weighted by Crippen LogP contribution is 2.21. The summed E-state index contributed by atoms with van der Waals surface area (Å²) in [6.45, 7) is 4.25. The number of hydrogen-bond acceptors (Lipinski definition) is 10. The molecule has 218 valence electrons. The monoisotopic (exact) mass is 592 g/mol. The zero-order valence-corrected chi connectivity index (χ0v) is 22.6. The smallest absolute Gasteiger partial charge is 0.422 e. The molecule has 1 aromatic heterocycles. The lowest BCUT2D eigenvalue weighted by molar-refractivity contribution is -0.154. The Morgan fingerprint density at radius 1 is 1.00 bits per heavy atom. The van der Waals surface area contributed by atoms with Gasteiger partial charge in [0.05, 0.1) is 6.61 Å². The van der Waals surface area contributed by atoms with Crippen molar-refractivity contribution in [1.29, 1.82) is 0 Å². The first-order chi connectivity index (χ1) is 19.5. The number of halogens is 3. The molecule has 11 nitrogen and oxygen atoms in total. The number of sulfonamides is 1. The lowest BCUT2D eigenvalue weighted by Gasteiger charge is -2.12. The van der Waals surface area contributed by atoms with E-state index in [1.165, 1.54) is 37.3 Å². The molecule has 15 heteroatoms. The molecule has 0 atom stereocenters. The third-order valence-corrected chi connectivity index (χ3v) is 6.00. The summed E-state index contributed by atoms with van der Waals surface area (Å²) < 4.78 is 73.9. The van der Waals surface area contributed by atoms with Crippen LogP contribution in [0.1, 0.15) is 29.3 Å². The van der Waals surface area contributed by atoms with Gasteiger partial charge in [0, 0.05) is 23.2 Å². The van der Waals surface area contributed by atoms with Gasteiger partial charge in [0.1, 0.15) is 5.75 Å². The normalized spacial score (nSPS) is 11.6. The van der Waals surface area contributed by atoms with Gasteiger partial charge < -0.3 is 20.1 Å². The number of allylic oxidation sites excluding steroid dienone is 1. The number of rotatable bonds is 14. The molecule has 0 radical (unpaired) electrons. The summed E-state index contributed by atoms with van der Waals surface area (Å²) in [6.07, 6.45) is -0.887. The van der Waals surface area contributed by atoms with Gasteiger partial charge in [0.25, 0.3) is 15.9 Å². The van der Waals surface area contributed by atoms with Gasteiger partial charge in [0.15, 0.2) is 6.61 Å². The average molecular weight is 593 g/mol. The van der Waals surface area contributed by atoms with Crippen LogP contribution in [0.25, 0.3) is 0 Å². The van der Waals surface area contributed by atoms with Crippen LogP contribution in [0.4, 0.5) is 30.8 Å². The summed E-state index contributed by atoms with van der Waals surface area (Å²) in [5, 5.41) is 6.57. The van der Waals surface area contributed by atoms with Gasteiger partial charge in [-0.25, -0.2) is 13.1 Å². The predicted molar refractivity (Wildman–Crippen MR) is 146 cm³/mol. The first kappa shape index (κ1) is 30.9. The second-order valence-electron chi connectivity index (χ2n) is 8.24. The molecule has 3 aromatic rings. The molecule has 0 saturated carbocycles. The maximum Gasteiger partial charge on any atom is 0.422 e. The minimum Gasteiger partial charge on any atom is -0.493 e. The van der Waals surface area contributed by atoms with E-state index in [1.54, 1.807) is 30.3 Å². The number of anilines is 3. The van der Waals surface area contributed by atoms with Crippen LogP contribution in [0.2, 0.25) is 0 Å². The number of hydrogen-bond donors (Lipinski definition) is 3. The van der Waals surface area contributed by atoms with E-state index in [9.17, 15) is 26.4 Å². The van der Waals surface area contributed by atoms with Gasteiger partial charge in [-0.1, -0.05) is 24.3 Å². The van der Waals surface area contributed by atoms with Crippen LogP contribution in [0.15, 0.2) is 72.7 Å². The van der Waals surface area contributed by atoms with E-state index in [2.05, 4.69) is 32.2 Å². The molecule has 2 aromatic carbocycles. The summed E-state index contributed by atoms with van der Waals surface area (Å²) >= 11 is 0. The second kappa shape index (κ2) is 14.1. The average Bonchev–Trinajstić information content (AvgIpc) is 2.91. The van der Waals surface area contributed by atoms with Gasteiger partial charge in [-0.3, -0.25) is 4.79 Å². The SMILES string of the molecule is C=CCCOc1ccc(CNc2nc(Nc3ccc(C(=O)NS(=O)(=O)C=CC)cc3)nc(OCC(F)(F)F)n2)cc1. The van der Waals surface area contributed by atoms with Crippen molar-refractivity contribution in [3.05, 3.63) is 83.8 Å². The Kier molecular flexibility index (Phi) is 10.6. The van der Waals surface area contributed by atoms with Crippen molar-refractivity contribution in [3.8, 4) is 11.8 Å². The first-order valence-electron chi connectivity index (χ1n) is 12.1. The van der Waals surface area contributed by atoms with Crippen LogP contribution in [-0.4, -0.2) is 48.7 Å². The van der Waals surface area contributed by atoms with Crippen LogP contribution in [0.5, 0.6) is 11.8 Å². The van der Waals surface area contributed by atoms with Crippen LogP contribution >= 0.6 is 0 Å². The van der Waals surface area contributed by atoms with Crippen molar-refractivity contribution in [3.63, 3.8) is 0 Å². The molecule has 41 heavy (non-hydrogen) atoms. The number of amides is 1. The van der Waals surface area contributed by atoms with E-state index in [0.717, 1.165) is 11.0 Å². The van der Waals surface area contributed by atoms with Crippen molar-refractivity contribution in [2.75, 3.05) is 23.8 Å². The first-order valence-corrected chi connectivity index (χ1v) is 13.6. The molecule has 0 aliphatic heterocycles. The predicted octanol–water partition coefficient (Wildman–Crippen LogP) is 4.72. The number of carbonyl (C=O) groups is 1. The summed E-state index contributed by atoms with van der Waals surface area (Å²) in [5.74, 6) is -0.372. The standard InChI is InChI=1S/C26H27F3N6O5S/c1-3-5-14-39-21-12-6-18(7-13-21)16-30-23-32-24(34-25(33-23)40-17-26(27,28)29)31-20-10-8-19(9-11-20)22(36)35-41(37,38)15-4-2/h3-4,6-13,15H,1,5,14,16-17H2,2H3,(H,35,36)(H2,30,31,32,33,34). The van der Waals surface area contributed by atoms with Gasteiger partial charge in [-0.05, 0) is 55.3 Å². The Hall–Kier alpha value is -4.66. The molecule has 3 N–H and O–H groups in total. The number of ether oxygens (including phenoxy) is 2. The van der Waals surface area contributed by atoms with E-state index < -0.39 is 34.7 Å².